The number of halogens is 4. The van der Waals surface area contributed by atoms with Crippen LogP contribution < -0.4 is 15.0 Å². The molecule has 1 fully saturated rings. The Labute approximate surface area is 156 Å². The molecule has 0 radical (unpaired) electrons. The normalized spacial score (nSPS) is 17.1. The van der Waals surface area contributed by atoms with Crippen molar-refractivity contribution in [2.24, 2.45) is 0 Å². The van der Waals surface area contributed by atoms with Crippen LogP contribution in [0.15, 0.2) is 42.6 Å². The number of benzene rings is 1. The molecule has 1 N–H and O–H groups in total. The van der Waals surface area contributed by atoms with Gasteiger partial charge in [0.05, 0.1) is 0 Å². The molecule has 1 atom stereocenters. The van der Waals surface area contributed by atoms with Crippen LogP contribution in [0.1, 0.15) is 16.8 Å². The summed E-state index contributed by atoms with van der Waals surface area (Å²) in [6, 6.07) is 7.14. The Kier molecular flexibility index (Phi) is 5.22. The number of amides is 2. The first-order valence-electron chi connectivity index (χ1n) is 7.82. The van der Waals surface area contributed by atoms with E-state index in [0.717, 1.165) is 12.1 Å². The molecular weight excluding hydrogens is 387 g/mol. The lowest BCUT2D eigenvalue weighted by Gasteiger charge is -2.18. The Morgan fingerprint density at radius 1 is 1.30 bits per heavy atom. The van der Waals surface area contributed by atoms with Crippen molar-refractivity contribution in [3.05, 3.63) is 53.3 Å². The van der Waals surface area contributed by atoms with Crippen LogP contribution >= 0.6 is 11.6 Å². The Morgan fingerprint density at radius 2 is 2.07 bits per heavy atom. The minimum absolute atomic E-state index is 0.142. The number of aromatic nitrogens is 1. The monoisotopic (exact) mass is 399 g/mol. The predicted octanol–water partition coefficient (Wildman–Crippen LogP) is 3.17. The van der Waals surface area contributed by atoms with E-state index in [2.05, 4.69) is 15.0 Å². The molecule has 2 heterocycles. The van der Waals surface area contributed by atoms with Crippen molar-refractivity contribution in [3.63, 3.8) is 0 Å². The number of ether oxygens (including phenoxy) is 1. The van der Waals surface area contributed by atoms with Gasteiger partial charge in [0.25, 0.3) is 5.91 Å². The van der Waals surface area contributed by atoms with Crippen molar-refractivity contribution in [3.8, 4) is 5.75 Å². The molecule has 142 valence electrons. The summed E-state index contributed by atoms with van der Waals surface area (Å²) in [5.41, 5.74) is 0.507. The number of carbonyl (C=O) groups is 2. The van der Waals surface area contributed by atoms with E-state index >= 15 is 0 Å². The van der Waals surface area contributed by atoms with Gasteiger partial charge in [0.15, 0.2) is 0 Å². The molecular formula is C17H13ClF3N3O3. The maximum atomic E-state index is 12.5. The standard InChI is InChI=1S/C17H13ClF3N3O3/c18-14-8-10(4-6-22-14)15(25)23-13-5-7-24(16(13)26)11-2-1-3-12(9-11)27-17(19,20)21/h1-4,6,8-9,13H,5,7H2,(H,23,25). The van der Waals surface area contributed by atoms with Gasteiger partial charge in [-0.05, 0) is 30.7 Å². The molecule has 10 heteroatoms. The van der Waals surface area contributed by atoms with E-state index < -0.39 is 30.0 Å². The van der Waals surface area contributed by atoms with Crippen LogP contribution in [0.4, 0.5) is 18.9 Å². The zero-order valence-corrected chi connectivity index (χ0v) is 14.4. The summed E-state index contributed by atoms with van der Waals surface area (Å²) >= 11 is 5.74. The van der Waals surface area contributed by atoms with Crippen molar-refractivity contribution in [2.75, 3.05) is 11.4 Å². The van der Waals surface area contributed by atoms with Crippen LogP contribution in [0.2, 0.25) is 5.15 Å². The Morgan fingerprint density at radius 3 is 2.78 bits per heavy atom. The molecule has 0 spiro atoms. The van der Waals surface area contributed by atoms with E-state index in [1.54, 1.807) is 0 Å². The molecule has 1 aliphatic rings. The van der Waals surface area contributed by atoms with Gasteiger partial charge in [-0.2, -0.15) is 0 Å². The maximum Gasteiger partial charge on any atom is 0.573 e. The van der Waals surface area contributed by atoms with Gasteiger partial charge in [0.2, 0.25) is 5.91 Å². The van der Waals surface area contributed by atoms with E-state index in [1.807, 2.05) is 0 Å². The number of nitrogens with one attached hydrogen (secondary N) is 1. The van der Waals surface area contributed by atoms with Crippen LogP contribution in [-0.4, -0.2) is 35.7 Å². The van der Waals surface area contributed by atoms with Crippen LogP contribution in [0, 0.1) is 0 Å². The lowest BCUT2D eigenvalue weighted by molar-refractivity contribution is -0.274. The highest BCUT2D eigenvalue weighted by Gasteiger charge is 2.35. The summed E-state index contributed by atoms with van der Waals surface area (Å²) in [6.07, 6.45) is -3.14. The lowest BCUT2D eigenvalue weighted by atomic mass is 10.2. The van der Waals surface area contributed by atoms with E-state index in [9.17, 15) is 22.8 Å². The number of hydrogen-bond acceptors (Lipinski definition) is 4. The van der Waals surface area contributed by atoms with Crippen molar-refractivity contribution in [1.82, 2.24) is 10.3 Å². The summed E-state index contributed by atoms with van der Waals surface area (Å²) in [5, 5.41) is 2.74. The van der Waals surface area contributed by atoms with Gasteiger partial charge in [0, 0.05) is 30.1 Å². The molecule has 1 saturated heterocycles. The van der Waals surface area contributed by atoms with Gasteiger partial charge in [-0.15, -0.1) is 13.2 Å². The maximum absolute atomic E-state index is 12.5. The van der Waals surface area contributed by atoms with E-state index in [1.165, 1.54) is 35.4 Å². The van der Waals surface area contributed by atoms with E-state index in [4.69, 9.17) is 11.6 Å². The first-order chi connectivity index (χ1) is 12.7. The Bertz CT molecular complexity index is 876. The number of anilines is 1. The van der Waals surface area contributed by atoms with E-state index in [-0.39, 0.29) is 22.9 Å². The number of alkyl halides is 3. The van der Waals surface area contributed by atoms with Crippen molar-refractivity contribution in [1.29, 1.82) is 0 Å². The largest absolute Gasteiger partial charge is 0.573 e. The molecule has 3 rings (SSSR count). The van der Waals surface area contributed by atoms with Crippen LogP contribution in [0.5, 0.6) is 5.75 Å². The fourth-order valence-corrected chi connectivity index (χ4v) is 2.88. The first kappa shape index (κ1) is 19.0. The minimum Gasteiger partial charge on any atom is -0.406 e. The second-order valence-corrected chi connectivity index (χ2v) is 6.10. The van der Waals surface area contributed by atoms with Gasteiger partial charge in [-0.1, -0.05) is 17.7 Å². The summed E-state index contributed by atoms with van der Waals surface area (Å²) < 4.78 is 40.9. The zero-order valence-electron chi connectivity index (χ0n) is 13.7. The van der Waals surface area contributed by atoms with Gasteiger partial charge in [-0.3, -0.25) is 9.59 Å². The highest BCUT2D eigenvalue weighted by Crippen LogP contribution is 2.29. The second kappa shape index (κ2) is 7.43. The van der Waals surface area contributed by atoms with Gasteiger partial charge in [0.1, 0.15) is 16.9 Å². The summed E-state index contributed by atoms with van der Waals surface area (Å²) in [5.74, 6) is -1.34. The number of carbonyl (C=O) groups excluding carboxylic acids is 2. The minimum atomic E-state index is -4.82. The molecule has 0 bridgehead atoms. The highest BCUT2D eigenvalue weighted by atomic mass is 35.5. The number of hydrogen-bond donors (Lipinski definition) is 1. The first-order valence-corrected chi connectivity index (χ1v) is 8.20. The van der Waals surface area contributed by atoms with E-state index in [0.29, 0.717) is 6.42 Å². The average Bonchev–Trinajstić information content (AvgIpc) is 2.94. The number of nitrogens with zero attached hydrogens (tertiary/aromatic N) is 2. The second-order valence-electron chi connectivity index (χ2n) is 5.72. The fraction of sp³-hybridized carbons (Fsp3) is 0.235. The van der Waals surface area contributed by atoms with Crippen molar-refractivity contribution >= 4 is 29.1 Å². The third kappa shape index (κ3) is 4.68. The summed E-state index contributed by atoms with van der Waals surface area (Å²) in [4.78, 5) is 29.9. The molecule has 1 aromatic heterocycles. The molecule has 0 saturated carbocycles. The van der Waals surface area contributed by atoms with Crippen LogP contribution in [0.25, 0.3) is 0 Å². The molecule has 6 nitrogen and oxygen atoms in total. The smallest absolute Gasteiger partial charge is 0.406 e. The predicted molar refractivity (Wildman–Crippen MR) is 90.6 cm³/mol. The molecule has 2 aromatic rings. The Hall–Kier alpha value is -2.81. The molecule has 2 amide bonds. The van der Waals surface area contributed by atoms with Gasteiger partial charge < -0.3 is 15.0 Å². The van der Waals surface area contributed by atoms with Crippen molar-refractivity contribution < 1.29 is 27.5 Å². The third-order valence-electron chi connectivity index (χ3n) is 3.86. The molecule has 0 aliphatic carbocycles. The zero-order chi connectivity index (χ0) is 19.6. The van der Waals surface area contributed by atoms with Crippen LogP contribution in [0.3, 0.4) is 0 Å². The number of pyridine rings is 1. The Balaban J connectivity index is 1.70. The summed E-state index contributed by atoms with van der Waals surface area (Å²) in [7, 11) is 0. The van der Waals surface area contributed by atoms with Gasteiger partial charge in [-0.25, -0.2) is 4.98 Å². The third-order valence-corrected chi connectivity index (χ3v) is 4.07. The van der Waals surface area contributed by atoms with Gasteiger partial charge >= 0.3 is 6.36 Å². The topological polar surface area (TPSA) is 71.5 Å². The summed E-state index contributed by atoms with van der Waals surface area (Å²) in [6.45, 7) is 0.246. The number of rotatable bonds is 4. The molecule has 1 unspecified atom stereocenters. The molecule has 1 aromatic carbocycles. The SMILES string of the molecule is O=C(NC1CCN(c2cccc(OC(F)(F)F)c2)C1=O)c1ccnc(Cl)c1. The lowest BCUT2D eigenvalue weighted by Crippen LogP contribution is -2.41. The van der Waals surface area contributed by atoms with Crippen LogP contribution in [-0.2, 0) is 4.79 Å². The van der Waals surface area contributed by atoms with Crippen molar-refractivity contribution in [2.45, 2.75) is 18.8 Å². The highest BCUT2D eigenvalue weighted by molar-refractivity contribution is 6.29. The molecule has 27 heavy (non-hydrogen) atoms. The quantitative estimate of drug-likeness (QED) is 0.802. The average molecular weight is 400 g/mol. The fourth-order valence-electron chi connectivity index (χ4n) is 2.70. The molecule has 1 aliphatic heterocycles.